The normalized spacial score (nSPS) is 12.9. The first kappa shape index (κ1) is 19.7. The Kier molecular flexibility index (Phi) is 8.34. The summed E-state index contributed by atoms with van der Waals surface area (Å²) in [6.45, 7) is 8.96. The topological polar surface area (TPSA) is 111 Å². The molecule has 0 aromatic rings. The molecule has 0 fully saturated rings. The number of hydrogen-bond acceptors (Lipinski definition) is 6. The Morgan fingerprint density at radius 1 is 1.24 bits per heavy atom. The van der Waals surface area contributed by atoms with Crippen LogP contribution in [0.3, 0.4) is 0 Å². The van der Waals surface area contributed by atoms with Gasteiger partial charge in [0.1, 0.15) is 5.60 Å². The van der Waals surface area contributed by atoms with Gasteiger partial charge < -0.3 is 15.8 Å². The summed E-state index contributed by atoms with van der Waals surface area (Å²) in [5, 5.41) is 1.90. The van der Waals surface area contributed by atoms with E-state index in [9.17, 15) is 14.4 Å². The maximum atomic E-state index is 11.9. The first-order valence-corrected chi connectivity index (χ1v) is 7.54. The van der Waals surface area contributed by atoms with Crippen molar-refractivity contribution in [3.8, 4) is 0 Å². The molecule has 0 aliphatic carbocycles. The summed E-state index contributed by atoms with van der Waals surface area (Å²) in [6, 6.07) is -0.609. The van der Waals surface area contributed by atoms with Gasteiger partial charge in [0.05, 0.1) is 12.6 Å². The molecule has 0 aromatic heterocycles. The summed E-state index contributed by atoms with van der Waals surface area (Å²) >= 11 is 0.728. The Hall–Kier alpha value is -1.28. The average molecular weight is 319 g/mol. The molecular formula is C13H25N3O4S. The maximum Gasteiger partial charge on any atom is 0.383 e. The molecule has 0 spiro atoms. The molecule has 1 unspecified atom stereocenters. The number of hydrogen-bond donors (Lipinski definition) is 3. The quantitative estimate of drug-likeness (QED) is 0.480. The second-order valence-corrected chi connectivity index (χ2v) is 6.82. The van der Waals surface area contributed by atoms with E-state index in [0.717, 1.165) is 11.9 Å². The highest BCUT2D eigenvalue weighted by Gasteiger charge is 2.23. The first-order valence-electron chi connectivity index (χ1n) is 6.72. The number of carbonyl (C=O) groups is 3. The number of rotatable bonds is 7. The van der Waals surface area contributed by atoms with Crippen LogP contribution in [0.1, 0.15) is 41.0 Å². The van der Waals surface area contributed by atoms with Crippen LogP contribution in [0, 0.1) is 5.92 Å². The third-order valence-corrected chi connectivity index (χ3v) is 2.79. The Morgan fingerprint density at radius 3 is 2.24 bits per heavy atom. The molecule has 0 saturated carbocycles. The van der Waals surface area contributed by atoms with Crippen LogP contribution in [-0.2, 0) is 14.3 Å². The molecule has 0 aromatic carbocycles. The van der Waals surface area contributed by atoms with E-state index < -0.39 is 22.9 Å². The molecule has 0 bridgehead atoms. The number of nitrogens with one attached hydrogen (secondary N) is 2. The predicted octanol–water partition coefficient (Wildman–Crippen LogP) is 1.18. The SMILES string of the molecule is CC(C)CC(NSC(=O)OC(C)(C)C)C(=O)NCC(N)=O. The van der Waals surface area contributed by atoms with Crippen LogP contribution in [0.15, 0.2) is 0 Å². The van der Waals surface area contributed by atoms with Crippen molar-refractivity contribution in [3.63, 3.8) is 0 Å². The number of nitrogens with two attached hydrogens (primary N) is 1. The van der Waals surface area contributed by atoms with Gasteiger partial charge in [-0.1, -0.05) is 13.8 Å². The fourth-order valence-electron chi connectivity index (χ4n) is 1.37. The second kappa shape index (κ2) is 8.89. The lowest BCUT2D eigenvalue weighted by Crippen LogP contribution is -2.45. The molecule has 0 radical (unpaired) electrons. The Morgan fingerprint density at radius 2 is 1.81 bits per heavy atom. The second-order valence-electron chi connectivity index (χ2n) is 6.05. The van der Waals surface area contributed by atoms with Crippen LogP contribution in [-0.4, -0.2) is 35.3 Å². The molecule has 122 valence electrons. The maximum absolute atomic E-state index is 11.9. The van der Waals surface area contributed by atoms with E-state index in [2.05, 4.69) is 10.0 Å². The van der Waals surface area contributed by atoms with Gasteiger partial charge in [-0.15, -0.1) is 0 Å². The molecule has 2 amide bonds. The number of primary amides is 1. The van der Waals surface area contributed by atoms with Crippen LogP contribution in [0.4, 0.5) is 4.79 Å². The highest BCUT2D eigenvalue weighted by atomic mass is 32.2. The van der Waals surface area contributed by atoms with Crippen molar-refractivity contribution in [1.29, 1.82) is 0 Å². The molecule has 0 rings (SSSR count). The molecule has 8 heteroatoms. The van der Waals surface area contributed by atoms with E-state index in [4.69, 9.17) is 10.5 Å². The fraction of sp³-hybridized carbons (Fsp3) is 0.769. The first-order chi connectivity index (χ1) is 9.51. The van der Waals surface area contributed by atoms with Crippen molar-refractivity contribution in [3.05, 3.63) is 0 Å². The number of carbonyl (C=O) groups excluding carboxylic acids is 3. The van der Waals surface area contributed by atoms with Gasteiger partial charge in [0, 0.05) is 11.9 Å². The molecule has 1 atom stereocenters. The zero-order chi connectivity index (χ0) is 16.6. The highest BCUT2D eigenvalue weighted by Crippen LogP contribution is 2.15. The van der Waals surface area contributed by atoms with Crippen LogP contribution >= 0.6 is 11.9 Å². The van der Waals surface area contributed by atoms with Gasteiger partial charge in [0.15, 0.2) is 0 Å². The monoisotopic (exact) mass is 319 g/mol. The molecule has 7 nitrogen and oxygen atoms in total. The van der Waals surface area contributed by atoms with Crippen molar-refractivity contribution in [2.24, 2.45) is 11.7 Å². The standard InChI is InChI=1S/C13H25N3O4S/c1-8(2)6-9(11(18)15-7-10(14)17)16-21-12(19)20-13(3,4)5/h8-9,16H,6-7H2,1-5H3,(H2,14,17)(H,15,18). The lowest BCUT2D eigenvalue weighted by atomic mass is 10.0. The van der Waals surface area contributed by atoms with Gasteiger partial charge >= 0.3 is 5.30 Å². The molecule has 0 aliphatic heterocycles. The molecule has 4 N–H and O–H groups in total. The Labute approximate surface area is 129 Å². The van der Waals surface area contributed by atoms with E-state index >= 15 is 0 Å². The van der Waals surface area contributed by atoms with Crippen LogP contribution in [0.25, 0.3) is 0 Å². The summed E-state index contributed by atoms with van der Waals surface area (Å²) < 4.78 is 7.90. The van der Waals surface area contributed by atoms with Crippen molar-refractivity contribution in [2.45, 2.75) is 52.7 Å². The Balaban J connectivity index is 4.45. The van der Waals surface area contributed by atoms with E-state index in [1.807, 2.05) is 13.8 Å². The van der Waals surface area contributed by atoms with Gasteiger partial charge in [-0.05, 0) is 33.1 Å². The van der Waals surface area contributed by atoms with E-state index in [0.29, 0.717) is 6.42 Å². The van der Waals surface area contributed by atoms with Crippen LogP contribution in [0.5, 0.6) is 0 Å². The van der Waals surface area contributed by atoms with Crippen molar-refractivity contribution in [1.82, 2.24) is 10.0 Å². The predicted molar refractivity (Wildman–Crippen MR) is 82.4 cm³/mol. The summed E-state index contributed by atoms with van der Waals surface area (Å²) in [5.74, 6) is -0.758. The smallest absolute Gasteiger partial charge is 0.383 e. The van der Waals surface area contributed by atoms with Crippen molar-refractivity contribution < 1.29 is 19.1 Å². The minimum absolute atomic E-state index is 0.230. The summed E-state index contributed by atoms with van der Waals surface area (Å²) in [4.78, 5) is 34.2. The lowest BCUT2D eigenvalue weighted by Gasteiger charge is -2.21. The van der Waals surface area contributed by atoms with Crippen LogP contribution in [0.2, 0.25) is 0 Å². The van der Waals surface area contributed by atoms with Crippen molar-refractivity contribution >= 4 is 29.1 Å². The van der Waals surface area contributed by atoms with Gasteiger partial charge in [-0.2, -0.15) is 0 Å². The minimum atomic E-state index is -0.619. The molecule has 0 aliphatic rings. The van der Waals surface area contributed by atoms with E-state index in [1.54, 1.807) is 20.8 Å². The summed E-state index contributed by atoms with van der Waals surface area (Å²) in [6.07, 6.45) is 0.514. The van der Waals surface area contributed by atoms with E-state index in [1.165, 1.54) is 0 Å². The molecule has 0 heterocycles. The zero-order valence-electron chi connectivity index (χ0n) is 13.2. The van der Waals surface area contributed by atoms with Gasteiger partial charge in [-0.25, -0.2) is 9.52 Å². The average Bonchev–Trinajstić information content (AvgIpc) is 2.28. The lowest BCUT2D eigenvalue weighted by molar-refractivity contribution is -0.126. The van der Waals surface area contributed by atoms with Crippen LogP contribution < -0.4 is 15.8 Å². The van der Waals surface area contributed by atoms with Gasteiger partial charge in [-0.3, -0.25) is 9.59 Å². The van der Waals surface area contributed by atoms with E-state index in [-0.39, 0.29) is 18.4 Å². The summed E-state index contributed by atoms with van der Waals surface area (Å²) in [5.41, 5.74) is 4.39. The zero-order valence-corrected chi connectivity index (χ0v) is 14.0. The van der Waals surface area contributed by atoms with Crippen molar-refractivity contribution in [2.75, 3.05) is 6.54 Å². The van der Waals surface area contributed by atoms with Gasteiger partial charge in [0.2, 0.25) is 11.8 Å². The third-order valence-electron chi connectivity index (χ3n) is 2.13. The molecular weight excluding hydrogens is 294 g/mol. The molecule has 21 heavy (non-hydrogen) atoms. The Bertz CT molecular complexity index is 380. The summed E-state index contributed by atoms with van der Waals surface area (Å²) in [7, 11) is 0. The largest absolute Gasteiger partial charge is 0.451 e. The fourth-order valence-corrected chi connectivity index (χ4v) is 2.10. The highest BCUT2D eigenvalue weighted by molar-refractivity contribution is 8.11. The molecule has 0 saturated heterocycles. The minimum Gasteiger partial charge on any atom is -0.451 e. The number of amides is 2. The van der Waals surface area contributed by atoms with Gasteiger partial charge in [0.25, 0.3) is 0 Å². The number of ether oxygens (including phenoxy) is 1. The third kappa shape index (κ3) is 11.1.